The van der Waals surface area contributed by atoms with E-state index < -0.39 is 17.8 Å². The number of carbonyl (C=O) groups excluding carboxylic acids is 2. The Hall–Kier alpha value is -3.81. The first-order valence-electron chi connectivity index (χ1n) is 11.3. The molecule has 1 aliphatic heterocycles. The van der Waals surface area contributed by atoms with Crippen LogP contribution in [0.5, 0.6) is 23.0 Å². The molecule has 0 saturated heterocycles. The average Bonchev–Trinajstić information content (AvgIpc) is 2.86. The van der Waals surface area contributed by atoms with Crippen molar-refractivity contribution in [1.29, 1.82) is 0 Å². The first kappa shape index (κ1) is 24.3. The van der Waals surface area contributed by atoms with Crippen LogP contribution in [0.4, 0.5) is 0 Å². The summed E-state index contributed by atoms with van der Waals surface area (Å²) in [6.07, 6.45) is 0.788. The van der Waals surface area contributed by atoms with Gasteiger partial charge in [0.25, 0.3) is 0 Å². The van der Waals surface area contributed by atoms with E-state index in [1.54, 1.807) is 33.3 Å². The van der Waals surface area contributed by atoms with Gasteiger partial charge in [0.15, 0.2) is 28.8 Å². The van der Waals surface area contributed by atoms with Crippen molar-refractivity contribution in [2.75, 3.05) is 28.4 Å². The summed E-state index contributed by atoms with van der Waals surface area (Å²) in [5.41, 5.74) is 3.28. The van der Waals surface area contributed by atoms with E-state index in [9.17, 15) is 14.7 Å². The van der Waals surface area contributed by atoms with Crippen molar-refractivity contribution < 1.29 is 33.6 Å². The first-order chi connectivity index (χ1) is 16.8. The lowest BCUT2D eigenvalue weighted by Gasteiger charge is -2.36. The molecule has 3 unspecified atom stereocenters. The molecule has 8 heteroatoms. The smallest absolute Gasteiger partial charge is 0.315 e. The summed E-state index contributed by atoms with van der Waals surface area (Å²) < 4.78 is 21.0. The van der Waals surface area contributed by atoms with Crippen LogP contribution in [0.25, 0.3) is 0 Å². The fourth-order valence-electron chi connectivity index (χ4n) is 5.09. The van der Waals surface area contributed by atoms with Crippen molar-refractivity contribution in [1.82, 2.24) is 0 Å². The van der Waals surface area contributed by atoms with Gasteiger partial charge in [-0.05, 0) is 54.7 Å². The van der Waals surface area contributed by atoms with Gasteiger partial charge < -0.3 is 24.1 Å². The number of ketones is 1. The monoisotopic (exact) mass is 479 g/mol. The third-order valence-electron chi connectivity index (χ3n) is 6.78. The highest BCUT2D eigenvalue weighted by Crippen LogP contribution is 2.48. The molecule has 2 aromatic rings. The van der Waals surface area contributed by atoms with Gasteiger partial charge in [0.1, 0.15) is 5.92 Å². The molecule has 0 aromatic heterocycles. The topological polar surface area (TPSA) is 104 Å². The van der Waals surface area contributed by atoms with E-state index >= 15 is 0 Å². The second-order valence-electron chi connectivity index (χ2n) is 8.67. The molecule has 35 heavy (non-hydrogen) atoms. The summed E-state index contributed by atoms with van der Waals surface area (Å²) in [4.78, 5) is 31.2. The third kappa shape index (κ3) is 4.36. The zero-order chi connectivity index (χ0) is 25.3. The minimum Gasteiger partial charge on any atom is -0.504 e. The maximum Gasteiger partial charge on any atom is 0.315 e. The lowest BCUT2D eigenvalue weighted by Crippen LogP contribution is -2.37. The highest BCUT2D eigenvalue weighted by molar-refractivity contribution is 6.09. The first-order valence-corrected chi connectivity index (χ1v) is 11.3. The second kappa shape index (κ2) is 9.82. The quantitative estimate of drug-likeness (QED) is 0.620. The van der Waals surface area contributed by atoms with Gasteiger partial charge in [0.05, 0.1) is 28.4 Å². The average molecular weight is 480 g/mol. The van der Waals surface area contributed by atoms with E-state index in [4.69, 9.17) is 23.9 Å². The van der Waals surface area contributed by atoms with Crippen LogP contribution in [0, 0.1) is 5.92 Å². The Kier molecular flexibility index (Phi) is 6.82. The van der Waals surface area contributed by atoms with Crippen LogP contribution >= 0.6 is 0 Å². The van der Waals surface area contributed by atoms with Crippen molar-refractivity contribution in [2.24, 2.45) is 10.9 Å². The summed E-state index contributed by atoms with van der Waals surface area (Å²) in [5.74, 6) is -0.604. The van der Waals surface area contributed by atoms with Crippen LogP contribution in [0.15, 0.2) is 52.7 Å². The molecule has 0 fully saturated rings. The molecule has 0 radical (unpaired) electrons. The van der Waals surface area contributed by atoms with Crippen LogP contribution in [0.3, 0.4) is 0 Å². The number of phenolic OH excluding ortho intramolecular Hbond substituents is 1. The van der Waals surface area contributed by atoms with E-state index in [-0.39, 0.29) is 23.9 Å². The zero-order valence-electron chi connectivity index (χ0n) is 20.5. The number of phenols is 1. The number of hydrogen-bond acceptors (Lipinski definition) is 8. The Bertz CT molecular complexity index is 1230. The van der Waals surface area contributed by atoms with E-state index in [2.05, 4.69) is 0 Å². The molecule has 3 atom stereocenters. The Labute approximate surface area is 204 Å². The van der Waals surface area contributed by atoms with Crippen LogP contribution < -0.4 is 14.2 Å². The molecule has 4 rings (SSSR count). The molecule has 1 aliphatic carbocycles. The minimum atomic E-state index is -0.770. The van der Waals surface area contributed by atoms with Gasteiger partial charge in [-0.1, -0.05) is 12.1 Å². The number of carbonyl (C=O) groups is 2. The third-order valence-corrected chi connectivity index (χ3v) is 6.78. The highest BCUT2D eigenvalue weighted by Gasteiger charge is 2.44. The summed E-state index contributed by atoms with van der Waals surface area (Å²) in [5, 5.41) is 10.4. The van der Waals surface area contributed by atoms with Crippen molar-refractivity contribution >= 4 is 17.5 Å². The van der Waals surface area contributed by atoms with Gasteiger partial charge in [-0.15, -0.1) is 0 Å². The Morgan fingerprint density at radius 2 is 1.57 bits per heavy atom. The number of methoxy groups -OCH3 is 4. The summed E-state index contributed by atoms with van der Waals surface area (Å²) >= 11 is 0. The zero-order valence-corrected chi connectivity index (χ0v) is 20.5. The second-order valence-corrected chi connectivity index (χ2v) is 8.67. The van der Waals surface area contributed by atoms with Gasteiger partial charge in [0.2, 0.25) is 0 Å². The van der Waals surface area contributed by atoms with E-state index in [1.165, 1.54) is 20.3 Å². The molecule has 0 saturated carbocycles. The normalized spacial score (nSPS) is 21.7. The standard InChI is InChI=1S/C27H29NO7/c1-14-24(27(31)35-5)25(16-7-8-21(32-2)19(29)11-16)26-18(28-14)10-17(12-20(26)30)15-6-9-22(33-3)23(13-15)34-4/h6-9,11,13,17,24-25,29H,10,12H2,1-5H3. The molecule has 0 bridgehead atoms. The highest BCUT2D eigenvalue weighted by atomic mass is 16.5. The Balaban J connectivity index is 1.79. The van der Waals surface area contributed by atoms with Crippen LogP contribution in [-0.2, 0) is 14.3 Å². The number of Topliss-reactive ketones (excluding diaryl/α,β-unsaturated/α-hetero) is 1. The number of ether oxygens (including phenoxy) is 4. The minimum absolute atomic E-state index is 0.0672. The van der Waals surface area contributed by atoms with Crippen LogP contribution in [-0.4, -0.2) is 51.0 Å². The van der Waals surface area contributed by atoms with Gasteiger partial charge in [-0.25, -0.2) is 0 Å². The van der Waals surface area contributed by atoms with Crippen LogP contribution in [0.2, 0.25) is 0 Å². The lowest BCUT2D eigenvalue weighted by molar-refractivity contribution is -0.143. The number of aliphatic imine (C=N–C) groups is 1. The van der Waals surface area contributed by atoms with Gasteiger partial charge in [-0.3, -0.25) is 14.6 Å². The van der Waals surface area contributed by atoms with Crippen molar-refractivity contribution in [3.63, 3.8) is 0 Å². The number of rotatable bonds is 6. The van der Waals surface area contributed by atoms with Crippen molar-refractivity contribution in [2.45, 2.75) is 31.6 Å². The fourth-order valence-corrected chi connectivity index (χ4v) is 5.09. The number of allylic oxidation sites excluding steroid dienone is 2. The molecule has 1 heterocycles. The lowest BCUT2D eigenvalue weighted by atomic mass is 9.69. The van der Waals surface area contributed by atoms with E-state index in [1.807, 2.05) is 18.2 Å². The Morgan fingerprint density at radius 1 is 0.914 bits per heavy atom. The van der Waals surface area contributed by atoms with Crippen molar-refractivity contribution in [3.05, 3.63) is 58.8 Å². The molecule has 8 nitrogen and oxygen atoms in total. The maximum absolute atomic E-state index is 13.6. The summed E-state index contributed by atoms with van der Waals surface area (Å²) in [6, 6.07) is 10.6. The molecule has 1 N–H and O–H groups in total. The summed E-state index contributed by atoms with van der Waals surface area (Å²) in [7, 11) is 5.93. The molecule has 184 valence electrons. The fraction of sp³-hybridized carbons (Fsp3) is 0.370. The molecule has 0 spiro atoms. The van der Waals surface area contributed by atoms with Gasteiger partial charge in [0, 0.05) is 29.3 Å². The predicted octanol–water partition coefficient (Wildman–Crippen LogP) is 4.17. The molecular weight excluding hydrogens is 450 g/mol. The number of benzene rings is 2. The van der Waals surface area contributed by atoms with E-state index in [0.29, 0.717) is 46.2 Å². The molecule has 2 aromatic carbocycles. The SMILES string of the molecule is COC(=O)C1C(C)=NC2=C(C(=O)CC(c3ccc(OC)c(OC)c3)C2)C1c1ccc(OC)c(O)c1. The van der Waals surface area contributed by atoms with Gasteiger partial charge in [-0.2, -0.15) is 0 Å². The Morgan fingerprint density at radius 3 is 2.20 bits per heavy atom. The number of nitrogens with zero attached hydrogens (tertiary/aromatic N) is 1. The predicted molar refractivity (Wildman–Crippen MR) is 130 cm³/mol. The van der Waals surface area contributed by atoms with Crippen molar-refractivity contribution in [3.8, 4) is 23.0 Å². The maximum atomic E-state index is 13.6. The summed E-state index contributed by atoms with van der Waals surface area (Å²) in [6.45, 7) is 1.77. The molecule has 2 aliphatic rings. The molecule has 0 amide bonds. The molecular formula is C27H29NO7. The number of esters is 1. The number of aromatic hydroxyl groups is 1. The van der Waals surface area contributed by atoms with Crippen LogP contribution in [0.1, 0.15) is 42.7 Å². The van der Waals surface area contributed by atoms with Gasteiger partial charge >= 0.3 is 5.97 Å². The van der Waals surface area contributed by atoms with E-state index in [0.717, 1.165) is 5.56 Å². The number of hydrogen-bond donors (Lipinski definition) is 1. The largest absolute Gasteiger partial charge is 0.504 e.